The van der Waals surface area contributed by atoms with Crippen LogP contribution in [0.25, 0.3) is 0 Å². The zero-order chi connectivity index (χ0) is 40.4. The molecule has 0 bridgehead atoms. The highest BCUT2D eigenvalue weighted by molar-refractivity contribution is 6.78. The first-order valence-electron chi connectivity index (χ1n) is 23.0. The van der Waals surface area contributed by atoms with Gasteiger partial charge in [-0.3, -0.25) is 0 Å². The van der Waals surface area contributed by atoms with Crippen LogP contribution in [0.4, 0.5) is 0 Å². The van der Waals surface area contributed by atoms with Crippen LogP contribution in [0.1, 0.15) is 204 Å². The molecule has 1 rings (SSSR count). The van der Waals surface area contributed by atoms with E-state index >= 15 is 0 Å². The van der Waals surface area contributed by atoms with Gasteiger partial charge in [-0.25, -0.2) is 0 Å². The first-order chi connectivity index (χ1) is 25.8. The Morgan fingerprint density at radius 3 is 1.02 bits per heavy atom. The molecule has 0 saturated heterocycles. The molecule has 0 atom stereocenters. The maximum absolute atomic E-state index is 9.84. The number of aliphatic hydroxyl groups excluding tert-OH is 1. The molecule has 0 spiro atoms. The molecule has 0 aliphatic heterocycles. The van der Waals surface area contributed by atoms with Crippen LogP contribution in [0, 0.1) is 0 Å². The molecule has 0 saturated carbocycles. The second-order valence-corrected chi connectivity index (χ2v) is 29.2. The Kier molecular flexibility index (Phi) is 27.8. The summed E-state index contributed by atoms with van der Waals surface area (Å²) in [6, 6.07) is 5.87. The second kappa shape index (κ2) is 29.4. The number of ether oxygens (including phenoxy) is 2. The first kappa shape index (κ1) is 51.2. The summed E-state index contributed by atoms with van der Waals surface area (Å²) in [4.78, 5) is 0. The third-order valence-corrected chi connectivity index (χ3v) is 24.7. The molecule has 0 amide bonds. The Hall–Kier alpha value is -0.866. The molecule has 1 aromatic carbocycles. The van der Waals surface area contributed by atoms with Gasteiger partial charge in [0, 0.05) is 24.8 Å². The van der Waals surface area contributed by atoms with Gasteiger partial charge in [-0.15, -0.1) is 0 Å². The lowest BCUT2D eigenvalue weighted by Crippen LogP contribution is -2.47. The van der Waals surface area contributed by atoms with Crippen molar-refractivity contribution >= 4 is 16.6 Å². The van der Waals surface area contributed by atoms with Crippen LogP contribution in [-0.2, 0) is 15.5 Å². The quantitative estimate of drug-likeness (QED) is 0.0548. The van der Waals surface area contributed by atoms with Crippen molar-refractivity contribution in [2.45, 2.75) is 239 Å². The maximum atomic E-state index is 9.84. The molecule has 0 aliphatic rings. The molecule has 0 fully saturated rings. The van der Waals surface area contributed by atoms with Crippen LogP contribution in [0.3, 0.4) is 0 Å². The summed E-state index contributed by atoms with van der Waals surface area (Å²) in [5.74, 6) is 1.61. The van der Waals surface area contributed by atoms with Gasteiger partial charge in [0.2, 0.25) is 0 Å². The summed E-state index contributed by atoms with van der Waals surface area (Å²) in [7, 11) is -3.42. The molecule has 1 aromatic rings. The van der Waals surface area contributed by atoms with Gasteiger partial charge in [0.25, 0.3) is 0 Å². The van der Waals surface area contributed by atoms with E-state index in [4.69, 9.17) is 18.3 Å². The predicted molar refractivity (Wildman–Crippen MR) is 240 cm³/mol. The van der Waals surface area contributed by atoms with Gasteiger partial charge in [0.15, 0.2) is 16.6 Å². The molecule has 1 N–H and O–H groups in total. The lowest BCUT2D eigenvalue weighted by molar-refractivity contribution is 0.257. The van der Waals surface area contributed by atoms with Gasteiger partial charge in [0.1, 0.15) is 11.5 Å². The van der Waals surface area contributed by atoms with E-state index in [0.717, 1.165) is 49.7 Å². The highest BCUT2D eigenvalue weighted by Crippen LogP contribution is 2.43. The van der Waals surface area contributed by atoms with Crippen molar-refractivity contribution in [3.8, 4) is 11.5 Å². The Balaban J connectivity index is 2.12. The predicted octanol–water partition coefficient (Wildman–Crippen LogP) is 15.3. The van der Waals surface area contributed by atoms with E-state index in [9.17, 15) is 5.11 Å². The average Bonchev–Trinajstić information content (AvgIpc) is 3.11. The van der Waals surface area contributed by atoms with Gasteiger partial charge in [-0.05, 0) is 71.1 Å². The van der Waals surface area contributed by atoms with Gasteiger partial charge >= 0.3 is 0 Å². The Labute approximate surface area is 339 Å². The van der Waals surface area contributed by atoms with Gasteiger partial charge in [-0.1, -0.05) is 173 Å². The van der Waals surface area contributed by atoms with E-state index in [0.29, 0.717) is 39.9 Å². The molecule has 5 nitrogen and oxygen atoms in total. The van der Waals surface area contributed by atoms with E-state index in [-0.39, 0.29) is 6.61 Å². The van der Waals surface area contributed by atoms with Crippen molar-refractivity contribution < 1.29 is 23.4 Å². The zero-order valence-corrected chi connectivity index (χ0v) is 40.0. The highest BCUT2D eigenvalue weighted by Gasteiger charge is 2.45. The molecule has 7 heteroatoms. The topological polar surface area (TPSA) is 57.2 Å². The van der Waals surface area contributed by atoms with Gasteiger partial charge in [0.05, 0.1) is 19.8 Å². The number of rotatable bonds is 35. The fourth-order valence-electron chi connectivity index (χ4n) is 9.64. The largest absolute Gasteiger partial charge is 0.493 e. The van der Waals surface area contributed by atoms with Crippen molar-refractivity contribution in [1.29, 1.82) is 0 Å². The van der Waals surface area contributed by atoms with Crippen LogP contribution in [0.2, 0.25) is 33.2 Å². The average molecular weight is 793 g/mol. The highest BCUT2D eigenvalue weighted by atomic mass is 28.4. The number of hydrogen-bond acceptors (Lipinski definition) is 5. The number of aliphatic hydroxyl groups is 1. The smallest absolute Gasteiger partial charge is 0.200 e. The molecule has 0 heterocycles. The van der Waals surface area contributed by atoms with E-state index in [2.05, 4.69) is 83.1 Å². The van der Waals surface area contributed by atoms with Crippen molar-refractivity contribution in [3.63, 3.8) is 0 Å². The van der Waals surface area contributed by atoms with Crippen molar-refractivity contribution in [2.75, 3.05) is 26.4 Å². The SMILES string of the molecule is CC(C)[Si](OCCCCCCCCCCCOc1ccc(CO)c(OCCCCCCCCCCCO[Si](C(C)C)(C(C)C)C(C)C)c1)(C(C)C)C(C)C. The molecular formula is C47H92O5Si2. The molecule has 0 unspecified atom stereocenters. The van der Waals surface area contributed by atoms with Crippen molar-refractivity contribution in [1.82, 2.24) is 0 Å². The Morgan fingerprint density at radius 2 is 0.704 bits per heavy atom. The standard InChI is InChI=1S/C47H92O5Si2/c1-39(2)53(40(3)4,41(5)6)51-35-29-25-21-17-13-15-19-23-27-33-49-46-32-31-45(38-48)47(37-46)50-34-28-24-20-16-14-18-22-26-30-36-52-54(42(7)8,43(9)10)44(11)12/h31-32,37,39-44,48H,13-30,33-36,38H2,1-12H3. The minimum absolute atomic E-state index is 0.0117. The number of hydrogen-bond donors (Lipinski definition) is 1. The van der Waals surface area contributed by atoms with E-state index < -0.39 is 16.6 Å². The fourth-order valence-corrected chi connectivity index (χ4v) is 20.6. The van der Waals surface area contributed by atoms with Crippen LogP contribution in [-0.4, -0.2) is 48.2 Å². The lowest BCUT2D eigenvalue weighted by Gasteiger charge is -2.42. The van der Waals surface area contributed by atoms with Crippen LogP contribution in [0.15, 0.2) is 18.2 Å². The summed E-state index contributed by atoms with van der Waals surface area (Å²) in [6.45, 7) is 31.8. The van der Waals surface area contributed by atoms with Gasteiger partial charge in [-0.2, -0.15) is 0 Å². The third-order valence-electron chi connectivity index (χ3n) is 12.4. The van der Waals surface area contributed by atoms with E-state index in [1.807, 2.05) is 18.2 Å². The number of unbranched alkanes of at least 4 members (excludes halogenated alkanes) is 16. The molecular weight excluding hydrogens is 701 g/mol. The molecule has 0 aliphatic carbocycles. The van der Waals surface area contributed by atoms with Crippen LogP contribution >= 0.6 is 0 Å². The lowest BCUT2D eigenvalue weighted by atomic mass is 10.1. The second-order valence-electron chi connectivity index (χ2n) is 18.3. The third kappa shape index (κ3) is 18.2. The molecule has 0 aromatic heterocycles. The summed E-state index contributed by atoms with van der Waals surface area (Å²) in [6.07, 6.45) is 22.7. The summed E-state index contributed by atoms with van der Waals surface area (Å²) >= 11 is 0. The van der Waals surface area contributed by atoms with E-state index in [1.165, 1.54) is 103 Å². The first-order valence-corrected chi connectivity index (χ1v) is 27.3. The van der Waals surface area contributed by atoms with E-state index in [1.54, 1.807) is 0 Å². The summed E-state index contributed by atoms with van der Waals surface area (Å²) in [5.41, 5.74) is 4.86. The number of benzene rings is 1. The molecule has 54 heavy (non-hydrogen) atoms. The Bertz CT molecular complexity index is 997. The monoisotopic (exact) mass is 793 g/mol. The normalized spacial score (nSPS) is 12.8. The molecule has 0 radical (unpaired) electrons. The van der Waals surface area contributed by atoms with Gasteiger partial charge < -0.3 is 23.4 Å². The summed E-state index contributed by atoms with van der Waals surface area (Å²) in [5, 5.41) is 9.84. The molecule has 318 valence electrons. The van der Waals surface area contributed by atoms with Crippen LogP contribution < -0.4 is 9.47 Å². The van der Waals surface area contributed by atoms with Crippen LogP contribution in [0.5, 0.6) is 11.5 Å². The fraction of sp³-hybridized carbons (Fsp3) is 0.872. The minimum Gasteiger partial charge on any atom is -0.493 e. The summed E-state index contributed by atoms with van der Waals surface area (Å²) < 4.78 is 25.6. The van der Waals surface area contributed by atoms with Crippen molar-refractivity contribution in [3.05, 3.63) is 23.8 Å². The van der Waals surface area contributed by atoms with Crippen molar-refractivity contribution in [2.24, 2.45) is 0 Å². The maximum Gasteiger partial charge on any atom is 0.200 e. The zero-order valence-electron chi connectivity index (χ0n) is 38.0. The Morgan fingerprint density at radius 1 is 0.407 bits per heavy atom. The minimum atomic E-state index is -1.71.